The summed E-state index contributed by atoms with van der Waals surface area (Å²) in [6.07, 6.45) is -4.59. The van der Waals surface area contributed by atoms with Crippen molar-refractivity contribution in [2.24, 2.45) is 5.73 Å². The van der Waals surface area contributed by atoms with Crippen LogP contribution >= 0.6 is 0 Å². The van der Waals surface area contributed by atoms with Crippen LogP contribution in [0.2, 0.25) is 0 Å². The van der Waals surface area contributed by atoms with Crippen LogP contribution in [0.3, 0.4) is 0 Å². The summed E-state index contributed by atoms with van der Waals surface area (Å²) in [6.45, 7) is 0.873. The largest absolute Gasteiger partial charge is 0.413 e. The third-order valence-electron chi connectivity index (χ3n) is 2.87. The van der Waals surface area contributed by atoms with Crippen LogP contribution in [0.15, 0.2) is 12.1 Å². The van der Waals surface area contributed by atoms with E-state index in [1.165, 1.54) is 0 Å². The van der Waals surface area contributed by atoms with Gasteiger partial charge in [0.1, 0.15) is 11.6 Å². The number of alkyl halides is 3. The fraction of sp³-hybridized carbons (Fsp3) is 0.455. The standard InChI is InChI=1S/C11H14F3N5/c1-10(15,11(12,13)14)9-16-6-4-5-7(19(2)3)17-8(6)18-9/h4-5H,15H2,1-3H3,(H,16,17,18). The summed E-state index contributed by atoms with van der Waals surface area (Å²) in [5, 5.41) is 0. The minimum absolute atomic E-state index is 0.210. The molecule has 2 aromatic rings. The van der Waals surface area contributed by atoms with Crippen LogP contribution in [0.4, 0.5) is 19.0 Å². The average Bonchev–Trinajstić information content (AvgIpc) is 2.70. The molecule has 0 saturated heterocycles. The van der Waals surface area contributed by atoms with Gasteiger partial charge >= 0.3 is 6.18 Å². The normalized spacial score (nSPS) is 15.5. The van der Waals surface area contributed by atoms with Crippen LogP contribution in [0, 0.1) is 0 Å². The number of nitrogens with two attached hydrogens (primary N) is 1. The smallest absolute Gasteiger partial charge is 0.363 e. The predicted molar refractivity (Wildman–Crippen MR) is 65.8 cm³/mol. The number of H-pyrrole nitrogens is 1. The van der Waals surface area contributed by atoms with Crippen LogP contribution in [0.25, 0.3) is 11.2 Å². The van der Waals surface area contributed by atoms with E-state index in [9.17, 15) is 13.2 Å². The first-order valence-corrected chi connectivity index (χ1v) is 5.53. The Morgan fingerprint density at radius 1 is 1.21 bits per heavy atom. The van der Waals surface area contributed by atoms with E-state index in [4.69, 9.17) is 5.73 Å². The fourth-order valence-corrected chi connectivity index (χ4v) is 1.51. The quantitative estimate of drug-likeness (QED) is 0.874. The van der Waals surface area contributed by atoms with Crippen molar-refractivity contribution in [2.75, 3.05) is 19.0 Å². The van der Waals surface area contributed by atoms with Crippen molar-refractivity contribution < 1.29 is 13.2 Å². The number of imidazole rings is 1. The Balaban J connectivity index is 2.53. The molecule has 0 aromatic carbocycles. The van der Waals surface area contributed by atoms with Crippen molar-refractivity contribution in [3.8, 4) is 0 Å². The van der Waals surface area contributed by atoms with Crippen LogP contribution in [-0.2, 0) is 5.54 Å². The van der Waals surface area contributed by atoms with Gasteiger partial charge in [0.2, 0.25) is 0 Å². The summed E-state index contributed by atoms with van der Waals surface area (Å²) >= 11 is 0. The number of aromatic nitrogens is 3. The van der Waals surface area contributed by atoms with Crippen LogP contribution in [0.1, 0.15) is 12.7 Å². The molecule has 2 aromatic heterocycles. The second kappa shape index (κ2) is 4.09. The zero-order valence-electron chi connectivity index (χ0n) is 10.7. The maximum atomic E-state index is 12.8. The molecular weight excluding hydrogens is 259 g/mol. The molecule has 2 rings (SSSR count). The Morgan fingerprint density at radius 2 is 1.84 bits per heavy atom. The molecule has 5 nitrogen and oxygen atoms in total. The molecule has 0 saturated carbocycles. The molecule has 2 heterocycles. The second-order valence-electron chi connectivity index (χ2n) is 4.72. The fourth-order valence-electron chi connectivity index (χ4n) is 1.51. The van der Waals surface area contributed by atoms with Crippen LogP contribution in [0.5, 0.6) is 0 Å². The third-order valence-corrected chi connectivity index (χ3v) is 2.87. The molecule has 0 bridgehead atoms. The first kappa shape index (κ1) is 13.6. The van der Waals surface area contributed by atoms with Gasteiger partial charge in [-0.15, -0.1) is 0 Å². The maximum absolute atomic E-state index is 12.8. The summed E-state index contributed by atoms with van der Waals surface area (Å²) in [7, 11) is 3.56. The van der Waals surface area contributed by atoms with Crippen molar-refractivity contribution in [3.05, 3.63) is 18.0 Å². The zero-order chi connectivity index (χ0) is 14.4. The summed E-state index contributed by atoms with van der Waals surface area (Å²) in [5.74, 6) is 0.259. The first-order chi connectivity index (χ1) is 8.63. The minimum atomic E-state index is -4.59. The highest BCUT2D eigenvalue weighted by atomic mass is 19.4. The topological polar surface area (TPSA) is 70.8 Å². The van der Waals surface area contributed by atoms with Gasteiger partial charge in [-0.25, -0.2) is 9.97 Å². The van der Waals surface area contributed by atoms with Crippen molar-refractivity contribution >= 4 is 17.0 Å². The van der Waals surface area contributed by atoms with Gasteiger partial charge in [0.15, 0.2) is 11.2 Å². The van der Waals surface area contributed by atoms with Crippen LogP contribution in [-0.4, -0.2) is 35.2 Å². The Bertz CT molecular complexity index is 600. The van der Waals surface area contributed by atoms with E-state index < -0.39 is 11.7 Å². The maximum Gasteiger partial charge on any atom is 0.413 e. The molecule has 8 heteroatoms. The molecule has 0 amide bonds. The Morgan fingerprint density at radius 3 is 2.37 bits per heavy atom. The van der Waals surface area contributed by atoms with E-state index in [-0.39, 0.29) is 11.5 Å². The number of halogens is 3. The number of rotatable bonds is 2. The van der Waals surface area contributed by atoms with E-state index in [2.05, 4.69) is 15.0 Å². The average molecular weight is 273 g/mol. The van der Waals surface area contributed by atoms with E-state index >= 15 is 0 Å². The van der Waals surface area contributed by atoms with Gasteiger partial charge in [0, 0.05) is 14.1 Å². The van der Waals surface area contributed by atoms with E-state index in [1.54, 1.807) is 31.1 Å². The SMILES string of the molecule is CN(C)c1ccc2[nH]c(C(C)(N)C(F)(F)F)nc2n1. The molecule has 0 aliphatic carbocycles. The highest BCUT2D eigenvalue weighted by Gasteiger charge is 2.51. The van der Waals surface area contributed by atoms with Crippen molar-refractivity contribution in [3.63, 3.8) is 0 Å². The molecule has 3 N–H and O–H groups in total. The van der Waals surface area contributed by atoms with E-state index in [1.807, 2.05) is 0 Å². The monoisotopic (exact) mass is 273 g/mol. The number of anilines is 1. The van der Waals surface area contributed by atoms with E-state index in [0.717, 1.165) is 6.92 Å². The number of pyridine rings is 1. The van der Waals surface area contributed by atoms with Gasteiger partial charge in [-0.1, -0.05) is 0 Å². The molecule has 0 spiro atoms. The molecule has 1 unspecified atom stereocenters. The molecular formula is C11H14F3N5. The molecule has 0 radical (unpaired) electrons. The lowest BCUT2D eigenvalue weighted by Crippen LogP contribution is -2.48. The van der Waals surface area contributed by atoms with Gasteiger partial charge in [-0.05, 0) is 19.1 Å². The van der Waals surface area contributed by atoms with Gasteiger partial charge in [0.25, 0.3) is 0 Å². The molecule has 0 aliphatic heterocycles. The van der Waals surface area contributed by atoms with Gasteiger partial charge in [0.05, 0.1) is 5.52 Å². The lowest BCUT2D eigenvalue weighted by atomic mass is 10.0. The highest BCUT2D eigenvalue weighted by molar-refractivity contribution is 5.73. The molecule has 19 heavy (non-hydrogen) atoms. The Kier molecular flexibility index (Phi) is 2.93. The Hall–Kier alpha value is -1.83. The number of fused-ring (bicyclic) bond motifs is 1. The molecule has 1 atom stereocenters. The van der Waals surface area contributed by atoms with Gasteiger partial charge < -0.3 is 15.6 Å². The number of aromatic amines is 1. The van der Waals surface area contributed by atoms with Gasteiger partial charge in [-0.3, -0.25) is 0 Å². The van der Waals surface area contributed by atoms with Crippen LogP contribution < -0.4 is 10.6 Å². The number of hydrogen-bond donors (Lipinski definition) is 2. The summed E-state index contributed by atoms with van der Waals surface area (Å²) < 4.78 is 38.5. The van der Waals surface area contributed by atoms with Crippen molar-refractivity contribution in [2.45, 2.75) is 18.6 Å². The first-order valence-electron chi connectivity index (χ1n) is 5.53. The second-order valence-corrected chi connectivity index (χ2v) is 4.72. The molecule has 0 aliphatic rings. The highest BCUT2D eigenvalue weighted by Crippen LogP contribution is 2.35. The zero-order valence-corrected chi connectivity index (χ0v) is 10.7. The predicted octanol–water partition coefficient (Wildman–Crippen LogP) is 1.76. The molecule has 0 fully saturated rings. The van der Waals surface area contributed by atoms with Gasteiger partial charge in [-0.2, -0.15) is 13.2 Å². The van der Waals surface area contributed by atoms with Crippen molar-refractivity contribution in [1.82, 2.24) is 15.0 Å². The molecule has 104 valence electrons. The Labute approximate surface area is 107 Å². The van der Waals surface area contributed by atoms with E-state index in [0.29, 0.717) is 11.3 Å². The lowest BCUT2D eigenvalue weighted by molar-refractivity contribution is -0.186. The number of hydrogen-bond acceptors (Lipinski definition) is 4. The lowest BCUT2D eigenvalue weighted by Gasteiger charge is -2.24. The van der Waals surface area contributed by atoms with Crippen molar-refractivity contribution in [1.29, 1.82) is 0 Å². The number of nitrogens with zero attached hydrogens (tertiary/aromatic N) is 3. The summed E-state index contributed by atoms with van der Waals surface area (Å²) in [6, 6.07) is 3.31. The summed E-state index contributed by atoms with van der Waals surface area (Å²) in [5.41, 5.74) is 3.41. The minimum Gasteiger partial charge on any atom is -0.363 e. The number of nitrogens with one attached hydrogen (secondary N) is 1. The summed E-state index contributed by atoms with van der Waals surface area (Å²) in [4.78, 5) is 12.3. The third kappa shape index (κ3) is 2.23.